The van der Waals surface area contributed by atoms with Gasteiger partial charge in [-0.05, 0) is 25.5 Å². The fourth-order valence-electron chi connectivity index (χ4n) is 3.69. The first-order valence-electron chi connectivity index (χ1n) is 9.63. The molecule has 7 heteroatoms. The van der Waals surface area contributed by atoms with Gasteiger partial charge >= 0.3 is 0 Å². The van der Waals surface area contributed by atoms with Gasteiger partial charge in [-0.3, -0.25) is 14.3 Å². The Labute approximate surface area is 163 Å². The lowest BCUT2D eigenvalue weighted by Gasteiger charge is -2.34. The van der Waals surface area contributed by atoms with Gasteiger partial charge in [-0.1, -0.05) is 25.1 Å². The summed E-state index contributed by atoms with van der Waals surface area (Å²) in [5.74, 6) is -0.227. The van der Waals surface area contributed by atoms with Gasteiger partial charge in [0.15, 0.2) is 0 Å². The van der Waals surface area contributed by atoms with Crippen LogP contribution in [-0.4, -0.2) is 50.6 Å². The van der Waals surface area contributed by atoms with Gasteiger partial charge in [-0.2, -0.15) is 5.10 Å². The summed E-state index contributed by atoms with van der Waals surface area (Å²) < 4.78 is 1.83. The van der Waals surface area contributed by atoms with Crippen LogP contribution in [0.5, 0.6) is 0 Å². The fourth-order valence-corrected chi connectivity index (χ4v) is 3.69. The third-order valence-corrected chi connectivity index (χ3v) is 5.18. The van der Waals surface area contributed by atoms with Crippen LogP contribution in [0, 0.1) is 0 Å². The van der Waals surface area contributed by atoms with E-state index in [0.29, 0.717) is 30.8 Å². The Hall–Kier alpha value is -3.22. The normalized spacial score (nSPS) is 17.0. The van der Waals surface area contributed by atoms with E-state index in [0.717, 1.165) is 23.0 Å². The van der Waals surface area contributed by atoms with Gasteiger partial charge in [-0.15, -0.1) is 0 Å². The van der Waals surface area contributed by atoms with Crippen LogP contribution in [0.1, 0.15) is 30.6 Å². The van der Waals surface area contributed by atoms with E-state index in [1.165, 1.54) is 0 Å². The standard InChI is InChI=1S/C21H23N5O2/c1-3-19-20(27)22-9-10-26(19)21(28)16-11-18(14-12-23-25(4-2)13-14)24-17-8-6-5-7-15(16)17/h5-8,11-13,19H,3-4,9-10H2,1-2H3,(H,22,27)/t19-/m1/s1. The summed E-state index contributed by atoms with van der Waals surface area (Å²) in [6, 6.07) is 8.99. The highest BCUT2D eigenvalue weighted by atomic mass is 16.2. The lowest BCUT2D eigenvalue weighted by atomic mass is 10.0. The molecule has 3 heterocycles. The van der Waals surface area contributed by atoms with Crippen molar-refractivity contribution < 1.29 is 9.59 Å². The highest BCUT2D eigenvalue weighted by Crippen LogP contribution is 2.26. The van der Waals surface area contributed by atoms with Gasteiger partial charge in [0.2, 0.25) is 5.91 Å². The van der Waals surface area contributed by atoms with E-state index in [4.69, 9.17) is 4.98 Å². The van der Waals surface area contributed by atoms with Crippen LogP contribution in [0.3, 0.4) is 0 Å². The molecule has 1 aromatic carbocycles. The summed E-state index contributed by atoms with van der Waals surface area (Å²) in [5, 5.41) is 7.96. The molecule has 144 valence electrons. The molecule has 0 unspecified atom stereocenters. The van der Waals surface area contributed by atoms with E-state index in [-0.39, 0.29) is 11.8 Å². The molecule has 1 fully saturated rings. The molecule has 0 radical (unpaired) electrons. The van der Waals surface area contributed by atoms with E-state index in [9.17, 15) is 9.59 Å². The number of pyridine rings is 1. The number of carbonyl (C=O) groups excluding carboxylic acids is 2. The van der Waals surface area contributed by atoms with Crippen molar-refractivity contribution in [1.29, 1.82) is 0 Å². The summed E-state index contributed by atoms with van der Waals surface area (Å²) in [5.41, 5.74) is 2.89. The molecule has 3 aromatic rings. The highest BCUT2D eigenvalue weighted by Gasteiger charge is 2.33. The molecule has 4 rings (SSSR count). The number of aryl methyl sites for hydroxylation is 1. The second kappa shape index (κ2) is 7.42. The summed E-state index contributed by atoms with van der Waals surface area (Å²) in [4.78, 5) is 32.1. The molecule has 0 saturated carbocycles. The number of para-hydroxylation sites is 1. The summed E-state index contributed by atoms with van der Waals surface area (Å²) in [6.45, 7) is 5.68. The van der Waals surface area contributed by atoms with Crippen LogP contribution in [-0.2, 0) is 11.3 Å². The Kier molecular flexibility index (Phi) is 4.81. The first-order chi connectivity index (χ1) is 13.6. The zero-order chi connectivity index (χ0) is 19.7. The Bertz CT molecular complexity index is 1040. The summed E-state index contributed by atoms with van der Waals surface area (Å²) in [6.07, 6.45) is 4.27. The van der Waals surface area contributed by atoms with E-state index >= 15 is 0 Å². The molecule has 1 saturated heterocycles. The predicted octanol–water partition coefficient (Wildman–Crippen LogP) is 2.47. The number of fused-ring (bicyclic) bond motifs is 1. The third-order valence-electron chi connectivity index (χ3n) is 5.18. The zero-order valence-corrected chi connectivity index (χ0v) is 16.1. The Morgan fingerprint density at radius 1 is 1.29 bits per heavy atom. The number of piperazine rings is 1. The minimum Gasteiger partial charge on any atom is -0.353 e. The van der Waals surface area contributed by atoms with Gasteiger partial charge in [0, 0.05) is 36.8 Å². The van der Waals surface area contributed by atoms with Crippen molar-refractivity contribution in [3.63, 3.8) is 0 Å². The number of hydrogen-bond acceptors (Lipinski definition) is 4. The maximum atomic E-state index is 13.5. The van der Waals surface area contributed by atoms with E-state index in [1.54, 1.807) is 11.1 Å². The van der Waals surface area contributed by atoms with Gasteiger partial charge in [-0.25, -0.2) is 4.98 Å². The topological polar surface area (TPSA) is 80.1 Å². The van der Waals surface area contributed by atoms with E-state index in [1.807, 2.05) is 55.1 Å². The number of carbonyl (C=O) groups is 2. The van der Waals surface area contributed by atoms with Crippen LogP contribution in [0.25, 0.3) is 22.2 Å². The number of benzene rings is 1. The first kappa shape index (κ1) is 18.2. The minimum atomic E-state index is -0.445. The Balaban J connectivity index is 1.83. The number of rotatable bonds is 4. The van der Waals surface area contributed by atoms with E-state index in [2.05, 4.69) is 10.4 Å². The largest absolute Gasteiger partial charge is 0.353 e. The summed E-state index contributed by atoms with van der Waals surface area (Å²) in [7, 11) is 0. The Morgan fingerprint density at radius 2 is 2.11 bits per heavy atom. The zero-order valence-electron chi connectivity index (χ0n) is 16.1. The Morgan fingerprint density at radius 3 is 2.86 bits per heavy atom. The van der Waals surface area contributed by atoms with Crippen LogP contribution >= 0.6 is 0 Å². The lowest BCUT2D eigenvalue weighted by Crippen LogP contribution is -2.56. The number of amides is 2. The van der Waals surface area contributed by atoms with Crippen molar-refractivity contribution in [1.82, 2.24) is 25.0 Å². The van der Waals surface area contributed by atoms with Crippen LogP contribution < -0.4 is 5.32 Å². The number of hydrogen-bond donors (Lipinski definition) is 1. The SMILES string of the molecule is CC[C@@H]1C(=O)NCCN1C(=O)c1cc(-c2cnn(CC)c2)nc2ccccc12. The number of nitrogens with zero attached hydrogens (tertiary/aromatic N) is 4. The van der Waals surface area contributed by atoms with Crippen molar-refractivity contribution in [2.75, 3.05) is 13.1 Å². The molecule has 0 aliphatic carbocycles. The third kappa shape index (κ3) is 3.13. The lowest BCUT2D eigenvalue weighted by molar-refractivity contribution is -0.127. The molecule has 7 nitrogen and oxygen atoms in total. The van der Waals surface area contributed by atoms with Crippen molar-refractivity contribution in [3.8, 4) is 11.3 Å². The maximum Gasteiger partial charge on any atom is 0.255 e. The highest BCUT2D eigenvalue weighted by molar-refractivity contribution is 6.08. The molecule has 1 N–H and O–H groups in total. The maximum absolute atomic E-state index is 13.5. The smallest absolute Gasteiger partial charge is 0.255 e. The average Bonchev–Trinajstić information content (AvgIpc) is 3.21. The van der Waals surface area contributed by atoms with Crippen LogP contribution in [0.4, 0.5) is 0 Å². The second-order valence-electron chi connectivity index (χ2n) is 6.87. The molecule has 1 aliphatic rings. The molecule has 1 aliphatic heterocycles. The van der Waals surface area contributed by atoms with Gasteiger partial charge in [0.1, 0.15) is 6.04 Å². The number of aromatic nitrogens is 3. The van der Waals surface area contributed by atoms with Crippen LogP contribution in [0.2, 0.25) is 0 Å². The number of nitrogens with one attached hydrogen (secondary N) is 1. The fraction of sp³-hybridized carbons (Fsp3) is 0.333. The molecule has 0 bridgehead atoms. The molecular formula is C21H23N5O2. The van der Waals surface area contributed by atoms with Gasteiger partial charge in [0.25, 0.3) is 5.91 Å². The van der Waals surface area contributed by atoms with Crippen molar-refractivity contribution in [2.24, 2.45) is 0 Å². The van der Waals surface area contributed by atoms with Crippen LogP contribution in [0.15, 0.2) is 42.7 Å². The monoisotopic (exact) mass is 377 g/mol. The molecular weight excluding hydrogens is 354 g/mol. The molecule has 1 atom stereocenters. The molecule has 2 amide bonds. The predicted molar refractivity (Wildman–Crippen MR) is 107 cm³/mol. The van der Waals surface area contributed by atoms with Gasteiger partial charge in [0.05, 0.1) is 23.0 Å². The van der Waals surface area contributed by atoms with Gasteiger partial charge < -0.3 is 10.2 Å². The molecule has 28 heavy (non-hydrogen) atoms. The molecule has 0 spiro atoms. The average molecular weight is 377 g/mol. The summed E-state index contributed by atoms with van der Waals surface area (Å²) >= 11 is 0. The van der Waals surface area contributed by atoms with Crippen molar-refractivity contribution >= 4 is 22.7 Å². The second-order valence-corrected chi connectivity index (χ2v) is 6.87. The molecule has 2 aromatic heterocycles. The minimum absolute atomic E-state index is 0.0927. The van der Waals surface area contributed by atoms with Crippen molar-refractivity contribution in [3.05, 3.63) is 48.3 Å². The van der Waals surface area contributed by atoms with Crippen molar-refractivity contribution in [2.45, 2.75) is 32.9 Å². The quantitative estimate of drug-likeness (QED) is 0.757. The first-order valence-corrected chi connectivity index (χ1v) is 9.63. The van der Waals surface area contributed by atoms with E-state index < -0.39 is 6.04 Å².